The van der Waals surface area contributed by atoms with Gasteiger partial charge in [-0.05, 0) is 24.0 Å². The van der Waals surface area contributed by atoms with Crippen molar-refractivity contribution in [1.82, 2.24) is 0 Å². The van der Waals surface area contributed by atoms with E-state index in [0.29, 0.717) is 6.61 Å². The molecule has 0 spiro atoms. The predicted molar refractivity (Wildman–Crippen MR) is 135 cm³/mol. The van der Waals surface area contributed by atoms with E-state index in [0.717, 1.165) is 19.3 Å². The molecule has 3 rings (SSSR count). The van der Waals surface area contributed by atoms with Gasteiger partial charge in [0, 0.05) is 6.42 Å². The summed E-state index contributed by atoms with van der Waals surface area (Å²) in [6.45, 7) is 2.89. The molecule has 2 aromatic rings. The largest absolute Gasteiger partial charge is 0.461 e. The van der Waals surface area contributed by atoms with E-state index in [2.05, 4.69) is 43.3 Å². The van der Waals surface area contributed by atoms with Gasteiger partial charge in [0.05, 0.1) is 18.6 Å². The summed E-state index contributed by atoms with van der Waals surface area (Å²) >= 11 is 0. The van der Waals surface area contributed by atoms with Crippen molar-refractivity contribution in [2.45, 2.75) is 103 Å². The van der Waals surface area contributed by atoms with Crippen molar-refractivity contribution in [3.05, 3.63) is 71.8 Å². The number of cyclic esters (lactones) is 1. The fraction of sp³-hybridized carbons (Fsp3) is 0.567. The molecule has 0 aliphatic carbocycles. The second-order valence-corrected chi connectivity index (χ2v) is 9.54. The van der Waals surface area contributed by atoms with E-state index in [-0.39, 0.29) is 24.1 Å². The average Bonchev–Trinajstić information content (AvgIpc) is 2.85. The molecule has 0 aromatic heterocycles. The van der Waals surface area contributed by atoms with Crippen LogP contribution in [0.3, 0.4) is 0 Å². The molecule has 0 amide bonds. The summed E-state index contributed by atoms with van der Waals surface area (Å²) in [7, 11) is 0. The van der Waals surface area contributed by atoms with E-state index in [1.807, 2.05) is 24.3 Å². The Bertz CT molecular complexity index is 774. The Morgan fingerprint density at radius 1 is 0.788 bits per heavy atom. The Balaban J connectivity index is 1.44. The first-order valence-corrected chi connectivity index (χ1v) is 13.2. The van der Waals surface area contributed by atoms with Gasteiger partial charge in [0.15, 0.2) is 0 Å². The lowest BCUT2D eigenvalue weighted by Gasteiger charge is -2.37. The van der Waals surface area contributed by atoms with E-state index in [9.17, 15) is 4.79 Å². The molecule has 3 atom stereocenters. The minimum absolute atomic E-state index is 0.0305. The predicted octanol–water partition coefficient (Wildman–Crippen LogP) is 7.67. The molecule has 1 unspecified atom stereocenters. The summed E-state index contributed by atoms with van der Waals surface area (Å²) in [5, 5.41) is 0. The molecule has 1 fully saturated rings. The minimum atomic E-state index is -0.0614. The van der Waals surface area contributed by atoms with Gasteiger partial charge in [-0.3, -0.25) is 4.79 Å². The molecule has 0 radical (unpaired) electrons. The van der Waals surface area contributed by atoms with E-state index >= 15 is 0 Å². The van der Waals surface area contributed by atoms with Gasteiger partial charge < -0.3 is 9.47 Å². The lowest BCUT2D eigenvalue weighted by molar-refractivity contribution is -0.189. The molecule has 1 heterocycles. The van der Waals surface area contributed by atoms with Crippen LogP contribution in [0, 0.1) is 5.92 Å². The number of hydrogen-bond donors (Lipinski definition) is 0. The number of carbonyl (C=O) groups is 1. The first kappa shape index (κ1) is 25.5. The standard InChI is InChI=1S/C30H42O3/c1-2-3-4-5-6-7-8-9-16-21-27(32-24-26-19-14-11-15-20-26)23-29-28(30(31)33-29)22-25-17-12-10-13-18-25/h10-15,17-20,27-29H,2-9,16,21-24H2,1H3/t27?,28-,29-/m1/s1. The van der Waals surface area contributed by atoms with Crippen LogP contribution in [0.5, 0.6) is 0 Å². The topological polar surface area (TPSA) is 35.5 Å². The molecule has 0 N–H and O–H groups in total. The summed E-state index contributed by atoms with van der Waals surface area (Å²) in [6, 6.07) is 20.6. The zero-order valence-corrected chi connectivity index (χ0v) is 20.4. The van der Waals surface area contributed by atoms with Crippen LogP contribution in [-0.4, -0.2) is 18.2 Å². The number of ether oxygens (including phenoxy) is 2. The summed E-state index contributed by atoms with van der Waals surface area (Å²) in [4.78, 5) is 12.2. The van der Waals surface area contributed by atoms with Crippen LogP contribution < -0.4 is 0 Å². The van der Waals surface area contributed by atoms with E-state index < -0.39 is 0 Å². The highest BCUT2D eigenvalue weighted by atomic mass is 16.6. The first-order valence-electron chi connectivity index (χ1n) is 13.2. The normalized spacial score (nSPS) is 18.5. The van der Waals surface area contributed by atoms with Crippen LogP contribution in [0.1, 0.15) is 88.7 Å². The molecule has 180 valence electrons. The fourth-order valence-corrected chi connectivity index (χ4v) is 4.69. The Morgan fingerprint density at radius 3 is 1.97 bits per heavy atom. The summed E-state index contributed by atoms with van der Waals surface area (Å²) in [6.07, 6.45) is 14.6. The number of unbranched alkanes of at least 4 members (excludes halogenated alkanes) is 8. The average molecular weight is 451 g/mol. The molecule has 0 bridgehead atoms. The number of benzene rings is 2. The van der Waals surface area contributed by atoms with Crippen LogP contribution in [0.2, 0.25) is 0 Å². The Kier molecular flexibility index (Phi) is 11.5. The van der Waals surface area contributed by atoms with Crippen molar-refractivity contribution >= 4 is 5.97 Å². The lowest BCUT2D eigenvalue weighted by atomic mass is 9.86. The zero-order chi connectivity index (χ0) is 23.1. The van der Waals surface area contributed by atoms with E-state index in [1.165, 1.54) is 68.9 Å². The van der Waals surface area contributed by atoms with Crippen molar-refractivity contribution in [3.8, 4) is 0 Å². The van der Waals surface area contributed by atoms with Crippen LogP contribution >= 0.6 is 0 Å². The summed E-state index contributed by atoms with van der Waals surface area (Å²) < 4.78 is 11.9. The van der Waals surface area contributed by atoms with Crippen molar-refractivity contribution in [2.75, 3.05) is 0 Å². The van der Waals surface area contributed by atoms with Crippen molar-refractivity contribution < 1.29 is 14.3 Å². The smallest absolute Gasteiger partial charge is 0.313 e. The van der Waals surface area contributed by atoms with Crippen LogP contribution in [-0.2, 0) is 27.3 Å². The van der Waals surface area contributed by atoms with Crippen molar-refractivity contribution in [3.63, 3.8) is 0 Å². The molecule has 3 heteroatoms. The third-order valence-corrected chi connectivity index (χ3v) is 6.77. The Morgan fingerprint density at radius 2 is 1.36 bits per heavy atom. The Labute approximate surface area is 200 Å². The van der Waals surface area contributed by atoms with Gasteiger partial charge in [0.2, 0.25) is 0 Å². The maximum absolute atomic E-state index is 12.2. The summed E-state index contributed by atoms with van der Waals surface area (Å²) in [5.41, 5.74) is 2.39. The molecular weight excluding hydrogens is 408 g/mol. The third kappa shape index (κ3) is 9.33. The fourth-order valence-electron chi connectivity index (χ4n) is 4.69. The van der Waals surface area contributed by atoms with Crippen LogP contribution in [0.25, 0.3) is 0 Å². The maximum atomic E-state index is 12.2. The second-order valence-electron chi connectivity index (χ2n) is 9.54. The molecule has 1 aliphatic heterocycles. The highest BCUT2D eigenvalue weighted by Crippen LogP contribution is 2.31. The molecule has 3 nitrogen and oxygen atoms in total. The van der Waals surface area contributed by atoms with Gasteiger partial charge in [-0.2, -0.15) is 0 Å². The van der Waals surface area contributed by atoms with Gasteiger partial charge >= 0.3 is 5.97 Å². The molecule has 1 aliphatic rings. The number of esters is 1. The van der Waals surface area contributed by atoms with Gasteiger partial charge in [-0.1, -0.05) is 125 Å². The van der Waals surface area contributed by atoms with Crippen LogP contribution in [0.4, 0.5) is 0 Å². The molecule has 33 heavy (non-hydrogen) atoms. The van der Waals surface area contributed by atoms with Crippen LogP contribution in [0.15, 0.2) is 60.7 Å². The number of hydrogen-bond acceptors (Lipinski definition) is 3. The summed E-state index contributed by atoms with van der Waals surface area (Å²) in [5.74, 6) is -0.105. The van der Waals surface area contributed by atoms with Gasteiger partial charge in [-0.15, -0.1) is 0 Å². The second kappa shape index (κ2) is 14.9. The zero-order valence-electron chi connectivity index (χ0n) is 20.4. The van der Waals surface area contributed by atoms with E-state index in [1.54, 1.807) is 0 Å². The van der Waals surface area contributed by atoms with Gasteiger partial charge in [0.25, 0.3) is 0 Å². The first-order chi connectivity index (χ1) is 16.3. The van der Waals surface area contributed by atoms with Gasteiger partial charge in [-0.25, -0.2) is 0 Å². The SMILES string of the molecule is CCCCCCCCCCCC(C[C@H]1OC(=O)[C@@H]1Cc1ccccc1)OCc1ccccc1. The monoisotopic (exact) mass is 450 g/mol. The molecule has 2 aromatic carbocycles. The highest BCUT2D eigenvalue weighted by Gasteiger charge is 2.43. The minimum Gasteiger partial charge on any atom is -0.461 e. The molecule has 0 saturated carbocycles. The van der Waals surface area contributed by atoms with Crippen molar-refractivity contribution in [1.29, 1.82) is 0 Å². The van der Waals surface area contributed by atoms with Crippen molar-refractivity contribution in [2.24, 2.45) is 5.92 Å². The molecule has 1 saturated heterocycles. The quantitative estimate of drug-likeness (QED) is 0.183. The highest BCUT2D eigenvalue weighted by molar-refractivity contribution is 5.78. The maximum Gasteiger partial charge on any atom is 0.313 e. The third-order valence-electron chi connectivity index (χ3n) is 6.77. The van der Waals surface area contributed by atoms with Gasteiger partial charge in [0.1, 0.15) is 6.10 Å². The Hall–Kier alpha value is -2.13. The number of carbonyl (C=O) groups excluding carboxylic acids is 1. The lowest BCUT2D eigenvalue weighted by Crippen LogP contribution is -2.48. The van der Waals surface area contributed by atoms with E-state index in [4.69, 9.17) is 9.47 Å². The molecular formula is C30H42O3. The number of rotatable bonds is 17.